The molecule has 6 N–H and O–H groups in total. The van der Waals surface area contributed by atoms with Gasteiger partial charge in [-0.25, -0.2) is 0 Å². The van der Waals surface area contributed by atoms with Crippen LogP contribution in [0, 0.1) is 0 Å². The van der Waals surface area contributed by atoms with Crippen molar-refractivity contribution in [3.05, 3.63) is 59.7 Å². The number of anilines is 2. The van der Waals surface area contributed by atoms with E-state index in [4.69, 9.17) is 11.5 Å². The molecule has 2 amide bonds. The molecule has 6 nitrogen and oxygen atoms in total. The summed E-state index contributed by atoms with van der Waals surface area (Å²) in [6.45, 7) is 1.05. The maximum atomic E-state index is 12.0. The summed E-state index contributed by atoms with van der Waals surface area (Å²) >= 11 is 0. The molecule has 0 radical (unpaired) electrons. The van der Waals surface area contributed by atoms with Gasteiger partial charge in [0.2, 0.25) is 0 Å². The number of nitrogens with one attached hydrogen (secondary N) is 2. The van der Waals surface area contributed by atoms with E-state index < -0.39 is 0 Å². The predicted octanol–water partition coefficient (Wildman–Crippen LogP) is 1.79. The van der Waals surface area contributed by atoms with Crippen LogP contribution in [0.4, 0.5) is 11.4 Å². The van der Waals surface area contributed by atoms with E-state index in [0.717, 1.165) is 12.8 Å². The van der Waals surface area contributed by atoms with Crippen LogP contribution in [0.3, 0.4) is 0 Å². The molecule has 0 saturated heterocycles. The number of hydrogen-bond donors (Lipinski definition) is 4. The van der Waals surface area contributed by atoms with Crippen LogP contribution in [0.2, 0.25) is 0 Å². The Morgan fingerprint density at radius 1 is 0.708 bits per heavy atom. The molecule has 24 heavy (non-hydrogen) atoms. The van der Waals surface area contributed by atoms with Gasteiger partial charge in [-0.15, -0.1) is 0 Å². The van der Waals surface area contributed by atoms with Crippen molar-refractivity contribution < 1.29 is 9.59 Å². The second-order valence-corrected chi connectivity index (χ2v) is 5.39. The number of nitrogen functional groups attached to an aromatic ring is 2. The van der Waals surface area contributed by atoms with Gasteiger partial charge in [-0.3, -0.25) is 9.59 Å². The van der Waals surface area contributed by atoms with Crippen LogP contribution in [0.1, 0.15) is 33.6 Å². The third-order valence-electron chi connectivity index (χ3n) is 3.59. The van der Waals surface area contributed by atoms with Crippen molar-refractivity contribution in [3.63, 3.8) is 0 Å². The Labute approximate surface area is 141 Å². The predicted molar refractivity (Wildman–Crippen MR) is 95.6 cm³/mol. The summed E-state index contributed by atoms with van der Waals surface area (Å²) in [7, 11) is 0. The van der Waals surface area contributed by atoms with Gasteiger partial charge in [0, 0.05) is 24.5 Å². The van der Waals surface area contributed by atoms with Crippen molar-refractivity contribution in [2.45, 2.75) is 12.8 Å². The first kappa shape index (κ1) is 17.3. The van der Waals surface area contributed by atoms with Crippen LogP contribution in [0.5, 0.6) is 0 Å². The molecule has 6 heteroatoms. The highest BCUT2D eigenvalue weighted by Crippen LogP contribution is 2.10. The van der Waals surface area contributed by atoms with E-state index in [2.05, 4.69) is 10.6 Å². The first-order valence-corrected chi connectivity index (χ1v) is 7.85. The van der Waals surface area contributed by atoms with Gasteiger partial charge in [0.25, 0.3) is 11.8 Å². The second-order valence-electron chi connectivity index (χ2n) is 5.39. The zero-order valence-electron chi connectivity index (χ0n) is 13.4. The van der Waals surface area contributed by atoms with Gasteiger partial charge in [0.1, 0.15) is 0 Å². The summed E-state index contributed by atoms with van der Waals surface area (Å²) < 4.78 is 0. The molecule has 0 aromatic heterocycles. The average molecular weight is 326 g/mol. The Bertz CT molecular complexity index is 654. The number of benzene rings is 2. The van der Waals surface area contributed by atoms with E-state index in [1.165, 1.54) is 0 Å². The van der Waals surface area contributed by atoms with Crippen molar-refractivity contribution in [1.29, 1.82) is 0 Å². The maximum Gasteiger partial charge on any atom is 0.253 e. The number of para-hydroxylation sites is 2. The Morgan fingerprint density at radius 3 is 1.46 bits per heavy atom. The van der Waals surface area contributed by atoms with Gasteiger partial charge < -0.3 is 22.1 Å². The summed E-state index contributed by atoms with van der Waals surface area (Å²) in [4.78, 5) is 23.9. The first-order chi connectivity index (χ1) is 11.6. The van der Waals surface area contributed by atoms with Gasteiger partial charge in [-0.2, -0.15) is 0 Å². The number of hydrogen-bond acceptors (Lipinski definition) is 4. The topological polar surface area (TPSA) is 110 Å². The van der Waals surface area contributed by atoms with Crippen LogP contribution in [0.15, 0.2) is 48.5 Å². The van der Waals surface area contributed by atoms with Gasteiger partial charge >= 0.3 is 0 Å². The molecule has 0 bridgehead atoms. The van der Waals surface area contributed by atoms with Gasteiger partial charge in [-0.05, 0) is 37.1 Å². The SMILES string of the molecule is Nc1ccccc1C(=O)NCCCCNC(=O)c1ccccc1N. The van der Waals surface area contributed by atoms with Crippen molar-refractivity contribution in [2.24, 2.45) is 0 Å². The lowest BCUT2D eigenvalue weighted by molar-refractivity contribution is 0.0940. The molecule has 0 aliphatic carbocycles. The lowest BCUT2D eigenvalue weighted by atomic mass is 10.1. The number of carbonyl (C=O) groups is 2. The summed E-state index contributed by atoms with van der Waals surface area (Å²) in [5.74, 6) is -0.372. The molecule has 0 atom stereocenters. The molecule has 126 valence electrons. The Balaban J connectivity index is 1.65. The van der Waals surface area contributed by atoms with Crippen LogP contribution >= 0.6 is 0 Å². The highest BCUT2D eigenvalue weighted by molar-refractivity contribution is 5.99. The number of unbranched alkanes of at least 4 members (excludes halogenated alkanes) is 1. The van der Waals surface area contributed by atoms with E-state index >= 15 is 0 Å². The average Bonchev–Trinajstić information content (AvgIpc) is 2.58. The van der Waals surface area contributed by atoms with E-state index in [-0.39, 0.29) is 11.8 Å². The fourth-order valence-electron chi connectivity index (χ4n) is 2.25. The van der Waals surface area contributed by atoms with Crippen LogP contribution < -0.4 is 22.1 Å². The third-order valence-corrected chi connectivity index (χ3v) is 3.59. The molecule has 0 fully saturated rings. The fourth-order valence-corrected chi connectivity index (χ4v) is 2.25. The molecule has 0 saturated carbocycles. The lowest BCUT2D eigenvalue weighted by Crippen LogP contribution is -2.28. The molecule has 2 aromatic rings. The number of carbonyl (C=O) groups excluding carboxylic acids is 2. The van der Waals surface area contributed by atoms with Gasteiger partial charge in [0.15, 0.2) is 0 Å². The molecule has 0 heterocycles. The largest absolute Gasteiger partial charge is 0.398 e. The van der Waals surface area contributed by atoms with Crippen LogP contribution in [-0.4, -0.2) is 24.9 Å². The van der Waals surface area contributed by atoms with E-state index in [1.807, 2.05) is 0 Å². The maximum absolute atomic E-state index is 12.0. The fraction of sp³-hybridized carbons (Fsp3) is 0.222. The molecule has 0 spiro atoms. The normalized spacial score (nSPS) is 10.2. The highest BCUT2D eigenvalue weighted by atomic mass is 16.2. The summed E-state index contributed by atoms with van der Waals surface area (Å²) in [6, 6.07) is 13.9. The summed E-state index contributed by atoms with van der Waals surface area (Å²) in [5, 5.41) is 5.63. The third kappa shape index (κ3) is 4.74. The molecule has 0 unspecified atom stereocenters. The number of rotatable bonds is 7. The van der Waals surface area contributed by atoms with Crippen molar-refractivity contribution in [2.75, 3.05) is 24.6 Å². The van der Waals surface area contributed by atoms with Crippen molar-refractivity contribution in [3.8, 4) is 0 Å². The van der Waals surface area contributed by atoms with Gasteiger partial charge in [0.05, 0.1) is 11.1 Å². The van der Waals surface area contributed by atoms with Crippen LogP contribution in [0.25, 0.3) is 0 Å². The molecule has 0 aliphatic heterocycles. The molecule has 0 aliphatic rings. The smallest absolute Gasteiger partial charge is 0.253 e. The van der Waals surface area contributed by atoms with E-state index in [1.54, 1.807) is 48.5 Å². The quantitative estimate of drug-likeness (QED) is 0.459. The minimum Gasteiger partial charge on any atom is -0.398 e. The summed E-state index contributed by atoms with van der Waals surface area (Å²) in [5.41, 5.74) is 13.4. The molecule has 2 rings (SSSR count). The number of nitrogens with two attached hydrogens (primary N) is 2. The molecular weight excluding hydrogens is 304 g/mol. The Hall–Kier alpha value is -3.02. The summed E-state index contributed by atoms with van der Waals surface area (Å²) in [6.07, 6.45) is 1.51. The minimum absolute atomic E-state index is 0.186. The van der Waals surface area contributed by atoms with Crippen molar-refractivity contribution >= 4 is 23.2 Å². The van der Waals surface area contributed by atoms with Gasteiger partial charge in [-0.1, -0.05) is 24.3 Å². The molecular formula is C18H22N4O2. The van der Waals surface area contributed by atoms with E-state index in [9.17, 15) is 9.59 Å². The van der Waals surface area contributed by atoms with Crippen molar-refractivity contribution in [1.82, 2.24) is 10.6 Å². The first-order valence-electron chi connectivity index (χ1n) is 7.85. The Morgan fingerprint density at radius 2 is 1.08 bits per heavy atom. The zero-order chi connectivity index (χ0) is 17.4. The number of amides is 2. The highest BCUT2D eigenvalue weighted by Gasteiger charge is 2.09. The monoisotopic (exact) mass is 326 g/mol. The zero-order valence-corrected chi connectivity index (χ0v) is 13.4. The Kier molecular flexibility index (Phi) is 6.19. The van der Waals surface area contributed by atoms with Crippen LogP contribution in [-0.2, 0) is 0 Å². The minimum atomic E-state index is -0.186. The molecule has 2 aromatic carbocycles. The van der Waals surface area contributed by atoms with E-state index in [0.29, 0.717) is 35.6 Å². The second kappa shape index (κ2) is 8.57. The standard InChI is InChI=1S/C18H22N4O2/c19-15-9-3-1-7-13(15)17(23)21-11-5-6-12-22-18(24)14-8-2-4-10-16(14)20/h1-4,7-10H,5-6,11-12,19-20H2,(H,21,23)(H,22,24). The lowest BCUT2D eigenvalue weighted by Gasteiger charge is -2.09.